The molecule has 0 aromatic heterocycles. The zero-order chi connectivity index (χ0) is 19.6. The molecule has 3 N–H and O–H groups in total. The molecule has 4 fully saturated rings. The van der Waals surface area contributed by atoms with E-state index in [1.807, 2.05) is 12.1 Å². The van der Waals surface area contributed by atoms with Crippen LogP contribution < -0.4 is 10.6 Å². The van der Waals surface area contributed by atoms with Gasteiger partial charge in [-0.1, -0.05) is 17.7 Å². The molecule has 154 valence electrons. The summed E-state index contributed by atoms with van der Waals surface area (Å²) in [5.74, 6) is 2.34. The summed E-state index contributed by atoms with van der Waals surface area (Å²) >= 11 is 6.36. The highest BCUT2D eigenvalue weighted by atomic mass is 35.5. The maximum atomic E-state index is 13.1. The second-order valence-electron chi connectivity index (χ2n) is 8.99. The fourth-order valence-electron chi connectivity index (χ4n) is 5.95. The van der Waals surface area contributed by atoms with Gasteiger partial charge >= 0.3 is 0 Å². The Bertz CT molecular complexity index is 674. The number of aliphatic hydroxyl groups is 1. The van der Waals surface area contributed by atoms with Crippen molar-refractivity contribution >= 4 is 17.5 Å². The van der Waals surface area contributed by atoms with Crippen LogP contribution in [0.4, 0.5) is 0 Å². The molecule has 0 aliphatic heterocycles. The average molecular weight is 407 g/mol. The molecule has 0 saturated heterocycles. The second-order valence-corrected chi connectivity index (χ2v) is 9.40. The van der Waals surface area contributed by atoms with Crippen molar-refractivity contribution in [2.45, 2.75) is 50.7 Å². The molecule has 5 nitrogen and oxygen atoms in total. The van der Waals surface area contributed by atoms with Gasteiger partial charge in [-0.15, -0.1) is 0 Å². The maximum absolute atomic E-state index is 13.1. The van der Waals surface area contributed by atoms with Crippen LogP contribution in [0.1, 0.15) is 54.4 Å². The van der Waals surface area contributed by atoms with Crippen LogP contribution in [0.3, 0.4) is 0 Å². The van der Waals surface area contributed by atoms with E-state index in [4.69, 9.17) is 21.4 Å². The van der Waals surface area contributed by atoms with E-state index >= 15 is 0 Å². The number of rotatable bonds is 9. The van der Waals surface area contributed by atoms with Crippen molar-refractivity contribution in [1.29, 1.82) is 0 Å². The van der Waals surface area contributed by atoms with Gasteiger partial charge in [0.05, 0.1) is 30.4 Å². The number of halogens is 1. The van der Waals surface area contributed by atoms with Crippen LogP contribution in [-0.2, 0) is 11.3 Å². The van der Waals surface area contributed by atoms with Gasteiger partial charge in [0.15, 0.2) is 0 Å². The van der Waals surface area contributed by atoms with Crippen LogP contribution in [0.5, 0.6) is 0 Å². The van der Waals surface area contributed by atoms with Gasteiger partial charge in [0.25, 0.3) is 5.91 Å². The Hall–Kier alpha value is -1.14. The number of ether oxygens (including phenoxy) is 1. The first kappa shape index (κ1) is 20.1. The topological polar surface area (TPSA) is 70.6 Å². The minimum atomic E-state index is -0.0431. The number of hydrogen-bond donors (Lipinski definition) is 3. The van der Waals surface area contributed by atoms with E-state index in [9.17, 15) is 4.79 Å². The van der Waals surface area contributed by atoms with Crippen molar-refractivity contribution in [3.05, 3.63) is 34.3 Å². The molecule has 6 heteroatoms. The lowest BCUT2D eigenvalue weighted by Gasteiger charge is -2.56. The summed E-state index contributed by atoms with van der Waals surface area (Å²) in [6, 6.07) is 5.56. The Kier molecular flexibility index (Phi) is 6.26. The maximum Gasteiger partial charge on any atom is 0.253 e. The molecule has 1 amide bonds. The molecule has 5 rings (SSSR count). The Labute approximate surface area is 172 Å². The van der Waals surface area contributed by atoms with Crippen LogP contribution in [0.15, 0.2) is 18.2 Å². The van der Waals surface area contributed by atoms with E-state index in [1.165, 1.54) is 19.3 Å². The average Bonchev–Trinajstić information content (AvgIpc) is 2.64. The lowest BCUT2D eigenvalue weighted by Crippen LogP contribution is -2.59. The molecule has 1 aromatic rings. The fourth-order valence-corrected chi connectivity index (χ4v) is 6.15. The van der Waals surface area contributed by atoms with Gasteiger partial charge in [-0.25, -0.2) is 0 Å². The fraction of sp³-hybridized carbons (Fsp3) is 0.682. The predicted molar refractivity (Wildman–Crippen MR) is 109 cm³/mol. The molecule has 0 unspecified atom stereocenters. The SMILES string of the molecule is O=C(NC12CC3CC(CC(C3)C1)C2)c1cc(COCCNCCO)ccc1Cl. The summed E-state index contributed by atoms with van der Waals surface area (Å²) in [4.78, 5) is 13.1. The molecular weight excluding hydrogens is 376 g/mol. The molecule has 0 atom stereocenters. The van der Waals surface area contributed by atoms with Gasteiger partial charge < -0.3 is 20.5 Å². The van der Waals surface area contributed by atoms with Crippen molar-refractivity contribution < 1.29 is 14.6 Å². The third kappa shape index (κ3) is 4.54. The zero-order valence-electron chi connectivity index (χ0n) is 16.4. The molecule has 0 radical (unpaired) electrons. The first-order chi connectivity index (χ1) is 13.6. The minimum absolute atomic E-state index is 0.0138. The number of carbonyl (C=O) groups excluding carboxylic acids is 1. The summed E-state index contributed by atoms with van der Waals surface area (Å²) in [7, 11) is 0. The van der Waals surface area contributed by atoms with E-state index in [1.54, 1.807) is 6.07 Å². The van der Waals surface area contributed by atoms with E-state index in [0.29, 0.717) is 36.9 Å². The number of aliphatic hydroxyl groups excluding tert-OH is 1. The first-order valence-corrected chi connectivity index (χ1v) is 10.9. The highest BCUT2D eigenvalue weighted by molar-refractivity contribution is 6.33. The van der Waals surface area contributed by atoms with Gasteiger partial charge in [0.2, 0.25) is 0 Å². The largest absolute Gasteiger partial charge is 0.395 e. The van der Waals surface area contributed by atoms with E-state index < -0.39 is 0 Å². The highest BCUT2D eigenvalue weighted by Crippen LogP contribution is 2.55. The summed E-state index contributed by atoms with van der Waals surface area (Å²) in [6.45, 7) is 2.37. The van der Waals surface area contributed by atoms with Crippen LogP contribution in [0.25, 0.3) is 0 Å². The Morgan fingerprint density at radius 3 is 2.46 bits per heavy atom. The molecule has 4 aliphatic carbocycles. The number of hydrogen-bond acceptors (Lipinski definition) is 4. The summed E-state index contributed by atoms with van der Waals surface area (Å²) in [5, 5.41) is 15.7. The molecule has 28 heavy (non-hydrogen) atoms. The third-order valence-electron chi connectivity index (χ3n) is 6.67. The Morgan fingerprint density at radius 2 is 1.82 bits per heavy atom. The van der Waals surface area contributed by atoms with Gasteiger partial charge in [-0.05, 0) is 74.0 Å². The van der Waals surface area contributed by atoms with Crippen LogP contribution in [0.2, 0.25) is 5.02 Å². The molecule has 4 bridgehead atoms. The number of benzene rings is 1. The number of nitrogens with one attached hydrogen (secondary N) is 2. The monoisotopic (exact) mass is 406 g/mol. The molecule has 0 heterocycles. The Balaban J connectivity index is 1.36. The number of amides is 1. The normalized spacial score (nSPS) is 30.6. The minimum Gasteiger partial charge on any atom is -0.395 e. The van der Waals surface area contributed by atoms with Crippen molar-refractivity contribution in [3.8, 4) is 0 Å². The molecule has 1 aromatic carbocycles. The van der Waals surface area contributed by atoms with E-state index in [0.717, 1.165) is 42.6 Å². The standard InChI is InChI=1S/C22H31ClN2O3/c23-20-2-1-15(14-28-6-4-24-3-5-26)10-19(20)21(27)25-22-11-16-7-17(12-22)9-18(8-16)13-22/h1-2,10,16-18,24,26H,3-9,11-14H2,(H,25,27). The zero-order valence-corrected chi connectivity index (χ0v) is 17.1. The van der Waals surface area contributed by atoms with Gasteiger partial charge in [0.1, 0.15) is 0 Å². The van der Waals surface area contributed by atoms with Crippen LogP contribution in [0, 0.1) is 17.8 Å². The van der Waals surface area contributed by atoms with Gasteiger partial charge in [-0.3, -0.25) is 4.79 Å². The predicted octanol–water partition coefficient (Wildman–Crippen LogP) is 3.14. The van der Waals surface area contributed by atoms with E-state index in [2.05, 4.69) is 10.6 Å². The first-order valence-electron chi connectivity index (χ1n) is 10.6. The number of carbonyl (C=O) groups is 1. The molecule has 4 saturated carbocycles. The highest BCUT2D eigenvalue weighted by Gasteiger charge is 2.51. The van der Waals surface area contributed by atoms with E-state index in [-0.39, 0.29) is 18.1 Å². The summed E-state index contributed by atoms with van der Waals surface area (Å²) < 4.78 is 5.66. The van der Waals surface area contributed by atoms with Crippen LogP contribution in [-0.4, -0.2) is 42.9 Å². The van der Waals surface area contributed by atoms with Crippen LogP contribution >= 0.6 is 11.6 Å². The summed E-state index contributed by atoms with van der Waals surface area (Å²) in [5.41, 5.74) is 1.49. The quantitative estimate of drug-likeness (QED) is 0.551. The Morgan fingerprint density at radius 1 is 1.14 bits per heavy atom. The van der Waals surface area contributed by atoms with Gasteiger partial charge in [0, 0.05) is 18.6 Å². The molecule has 4 aliphatic rings. The van der Waals surface area contributed by atoms with Crippen molar-refractivity contribution in [2.75, 3.05) is 26.3 Å². The van der Waals surface area contributed by atoms with Crippen molar-refractivity contribution in [3.63, 3.8) is 0 Å². The second kappa shape index (κ2) is 8.70. The smallest absolute Gasteiger partial charge is 0.253 e. The molecule has 0 spiro atoms. The lowest BCUT2D eigenvalue weighted by molar-refractivity contribution is -0.0167. The summed E-state index contributed by atoms with van der Waals surface area (Å²) in [6.07, 6.45) is 7.46. The molecular formula is C22H31ClN2O3. The third-order valence-corrected chi connectivity index (χ3v) is 7.00. The lowest BCUT2D eigenvalue weighted by atomic mass is 9.53. The van der Waals surface area contributed by atoms with Crippen molar-refractivity contribution in [1.82, 2.24) is 10.6 Å². The van der Waals surface area contributed by atoms with Gasteiger partial charge in [-0.2, -0.15) is 0 Å². The van der Waals surface area contributed by atoms with Crippen molar-refractivity contribution in [2.24, 2.45) is 17.8 Å².